The van der Waals surface area contributed by atoms with E-state index in [9.17, 15) is 9.59 Å². The van der Waals surface area contributed by atoms with E-state index in [1.807, 2.05) is 0 Å². The van der Waals surface area contributed by atoms with Crippen LogP contribution in [-0.4, -0.2) is 29.8 Å². The summed E-state index contributed by atoms with van der Waals surface area (Å²) in [6.45, 7) is 9.89. The van der Waals surface area contributed by atoms with Gasteiger partial charge in [-0.15, -0.1) is 4.42 Å². The standard InChI is InChI=1S/C22H34ClNO4/c1-21(2)15-7-5-13(17(21)9-15)11-27-19(25)24(23)20(26)28-12-14-6-8-16-10-18(14)22(16,3)4/h13-18H,5-12H2,1-4H3/t13-,14-,15-,16-,17-,18-/m0/s1. The number of fused-ring (bicyclic) bond motifs is 4. The lowest BCUT2D eigenvalue weighted by atomic mass is 9.46. The third-order valence-electron chi connectivity index (χ3n) is 9.16. The molecule has 0 unspecified atom stereocenters. The Bertz CT molecular complexity index is 590. The van der Waals surface area contributed by atoms with Crippen molar-refractivity contribution in [1.82, 2.24) is 4.42 Å². The summed E-state index contributed by atoms with van der Waals surface area (Å²) in [5, 5.41) is 0. The average molecular weight is 412 g/mol. The van der Waals surface area contributed by atoms with Gasteiger partial charge in [0.1, 0.15) is 0 Å². The molecule has 6 aliphatic rings. The van der Waals surface area contributed by atoms with Crippen LogP contribution < -0.4 is 0 Å². The monoisotopic (exact) mass is 411 g/mol. The summed E-state index contributed by atoms with van der Waals surface area (Å²) in [5.41, 5.74) is 0.673. The molecule has 6 atom stereocenters. The molecule has 0 aromatic rings. The number of carbonyl (C=O) groups is 2. The first-order valence-electron chi connectivity index (χ1n) is 10.9. The summed E-state index contributed by atoms with van der Waals surface area (Å²) in [4.78, 5) is 24.4. The lowest BCUT2D eigenvalue weighted by Gasteiger charge is -2.60. The van der Waals surface area contributed by atoms with Gasteiger partial charge in [-0.25, -0.2) is 9.59 Å². The molecule has 0 N–H and O–H groups in total. The van der Waals surface area contributed by atoms with Crippen molar-refractivity contribution in [3.05, 3.63) is 0 Å². The zero-order valence-electron chi connectivity index (χ0n) is 17.6. The van der Waals surface area contributed by atoms with Gasteiger partial charge in [0.15, 0.2) is 0 Å². The highest BCUT2D eigenvalue weighted by molar-refractivity contribution is 6.27. The van der Waals surface area contributed by atoms with Gasteiger partial charge >= 0.3 is 12.2 Å². The van der Waals surface area contributed by atoms with Crippen LogP contribution in [-0.2, 0) is 9.47 Å². The van der Waals surface area contributed by atoms with E-state index in [1.165, 1.54) is 25.7 Å². The molecule has 6 heteroatoms. The first-order chi connectivity index (χ1) is 13.1. The van der Waals surface area contributed by atoms with Crippen LogP contribution in [0.4, 0.5) is 9.59 Å². The molecule has 0 spiro atoms. The maximum atomic E-state index is 12.2. The van der Waals surface area contributed by atoms with E-state index in [-0.39, 0.29) is 0 Å². The molecule has 28 heavy (non-hydrogen) atoms. The van der Waals surface area contributed by atoms with Gasteiger partial charge in [0.2, 0.25) is 0 Å². The maximum absolute atomic E-state index is 12.2. The van der Waals surface area contributed by atoms with Crippen LogP contribution in [0.15, 0.2) is 0 Å². The number of rotatable bonds is 4. The summed E-state index contributed by atoms with van der Waals surface area (Å²) in [6, 6.07) is 0. The van der Waals surface area contributed by atoms with E-state index >= 15 is 0 Å². The van der Waals surface area contributed by atoms with Gasteiger partial charge in [-0.05, 0) is 84.9 Å². The van der Waals surface area contributed by atoms with Gasteiger partial charge in [-0.1, -0.05) is 27.7 Å². The van der Waals surface area contributed by atoms with E-state index in [4.69, 9.17) is 21.3 Å². The highest BCUT2D eigenvalue weighted by Gasteiger charge is 2.55. The number of amides is 2. The maximum Gasteiger partial charge on any atom is 0.434 e. The highest BCUT2D eigenvalue weighted by Crippen LogP contribution is 2.62. The largest absolute Gasteiger partial charge is 0.448 e. The molecule has 0 saturated heterocycles. The van der Waals surface area contributed by atoms with Gasteiger partial charge in [0.05, 0.1) is 13.2 Å². The predicted molar refractivity (Wildman–Crippen MR) is 107 cm³/mol. The predicted octanol–water partition coefficient (Wildman–Crippen LogP) is 5.86. The lowest BCUT2D eigenvalue weighted by molar-refractivity contribution is -0.119. The number of ether oxygens (including phenoxy) is 2. The van der Waals surface area contributed by atoms with Crippen molar-refractivity contribution < 1.29 is 19.1 Å². The fourth-order valence-electron chi connectivity index (χ4n) is 6.87. The van der Waals surface area contributed by atoms with Gasteiger partial charge in [-0.2, -0.15) is 0 Å². The van der Waals surface area contributed by atoms with Crippen molar-refractivity contribution in [2.75, 3.05) is 13.2 Å². The van der Waals surface area contributed by atoms with Crippen molar-refractivity contribution in [2.24, 2.45) is 46.3 Å². The molecule has 0 aliphatic heterocycles. The minimum atomic E-state index is -0.821. The number of hydrogen-bond donors (Lipinski definition) is 0. The molecule has 6 aliphatic carbocycles. The third kappa shape index (κ3) is 3.22. The Balaban J connectivity index is 1.21. The van der Waals surface area contributed by atoms with Crippen LogP contribution in [0.5, 0.6) is 0 Å². The molecule has 5 nitrogen and oxygen atoms in total. The Hall–Kier alpha value is -0.970. The molecule has 0 aromatic carbocycles. The lowest BCUT2D eigenvalue weighted by Crippen LogP contribution is -2.53. The van der Waals surface area contributed by atoms with E-state index in [2.05, 4.69) is 27.7 Å². The first kappa shape index (κ1) is 20.3. The SMILES string of the molecule is CC1(C)[C@H]2CC[C@@H](COC(=O)N(Cl)C(=O)OC[C@@H]3CC[C@H]4C[C@@H]3C4(C)C)[C@@H]1C2. The average Bonchev–Trinajstić information content (AvgIpc) is 2.69. The van der Waals surface area contributed by atoms with Gasteiger partial charge in [-0.3, -0.25) is 0 Å². The summed E-state index contributed by atoms with van der Waals surface area (Å²) in [6.07, 6.45) is 5.36. The second kappa shape index (κ2) is 7.07. The fourth-order valence-corrected chi connectivity index (χ4v) is 6.97. The Morgan fingerprint density at radius 1 is 0.821 bits per heavy atom. The van der Waals surface area contributed by atoms with E-state index < -0.39 is 12.2 Å². The molecule has 0 heterocycles. The van der Waals surface area contributed by atoms with Crippen LogP contribution in [0, 0.1) is 46.3 Å². The second-order valence-electron chi connectivity index (χ2n) is 10.8. The number of hydrogen-bond acceptors (Lipinski definition) is 4. The second-order valence-corrected chi connectivity index (χ2v) is 11.2. The van der Waals surface area contributed by atoms with Gasteiger partial charge in [0, 0.05) is 11.8 Å². The molecule has 0 radical (unpaired) electrons. The first-order valence-corrected chi connectivity index (χ1v) is 11.3. The summed E-state index contributed by atoms with van der Waals surface area (Å²) < 4.78 is 11.2. The minimum Gasteiger partial charge on any atom is -0.448 e. The number of halogens is 1. The van der Waals surface area contributed by atoms with Crippen LogP contribution in [0.25, 0.3) is 0 Å². The molecule has 0 aromatic heterocycles. The quantitative estimate of drug-likeness (QED) is 0.543. The van der Waals surface area contributed by atoms with Crippen molar-refractivity contribution >= 4 is 24.0 Å². The number of nitrogens with zero attached hydrogens (tertiary/aromatic N) is 1. The van der Waals surface area contributed by atoms with Gasteiger partial charge < -0.3 is 9.47 Å². The smallest absolute Gasteiger partial charge is 0.434 e. The Morgan fingerprint density at radius 2 is 1.21 bits per heavy atom. The van der Waals surface area contributed by atoms with Crippen LogP contribution >= 0.6 is 11.8 Å². The molecule has 6 rings (SSSR count). The number of imide groups is 1. The molecule has 2 amide bonds. The topological polar surface area (TPSA) is 55.8 Å². The normalized spacial score (nSPS) is 39.2. The Kier molecular flexibility index (Phi) is 5.13. The van der Waals surface area contributed by atoms with Crippen LogP contribution in [0.3, 0.4) is 0 Å². The molecule has 6 fully saturated rings. The molecule has 6 saturated carbocycles. The zero-order valence-corrected chi connectivity index (χ0v) is 18.3. The summed E-state index contributed by atoms with van der Waals surface area (Å²) in [5.74, 6) is 3.52. The Labute approximate surface area is 173 Å². The highest BCUT2D eigenvalue weighted by atomic mass is 35.5. The number of carbonyl (C=O) groups excluding carboxylic acids is 2. The van der Waals surface area contributed by atoms with E-state index in [0.29, 0.717) is 52.1 Å². The minimum absolute atomic E-state index is 0.330. The summed E-state index contributed by atoms with van der Waals surface area (Å²) >= 11 is 5.91. The molecule has 158 valence electrons. The van der Waals surface area contributed by atoms with Gasteiger partial charge in [0.25, 0.3) is 0 Å². The van der Waals surface area contributed by atoms with Crippen molar-refractivity contribution in [1.29, 1.82) is 0 Å². The van der Waals surface area contributed by atoms with Crippen LogP contribution in [0.2, 0.25) is 0 Å². The summed E-state index contributed by atoms with van der Waals surface area (Å²) in [7, 11) is 0. The van der Waals surface area contributed by atoms with Crippen molar-refractivity contribution in [2.45, 2.75) is 66.2 Å². The zero-order chi connectivity index (χ0) is 20.3. The fraction of sp³-hybridized carbons (Fsp3) is 0.909. The third-order valence-corrected chi connectivity index (χ3v) is 9.44. The molecular weight excluding hydrogens is 378 g/mol. The van der Waals surface area contributed by atoms with Crippen LogP contribution in [0.1, 0.15) is 66.2 Å². The van der Waals surface area contributed by atoms with E-state index in [1.54, 1.807) is 0 Å². The molecular formula is C22H34ClNO4. The van der Waals surface area contributed by atoms with E-state index in [0.717, 1.165) is 24.7 Å². The molecule has 4 bridgehead atoms. The Morgan fingerprint density at radius 3 is 1.54 bits per heavy atom. The van der Waals surface area contributed by atoms with Crippen molar-refractivity contribution in [3.8, 4) is 0 Å². The van der Waals surface area contributed by atoms with Crippen molar-refractivity contribution in [3.63, 3.8) is 0 Å².